The van der Waals surface area contributed by atoms with Gasteiger partial charge in [0.1, 0.15) is 12.1 Å². The highest BCUT2D eigenvalue weighted by Gasteiger charge is 2.40. The van der Waals surface area contributed by atoms with Gasteiger partial charge < -0.3 is 0 Å². The monoisotopic (exact) mass is 477 g/mol. The zero-order valence-corrected chi connectivity index (χ0v) is 20.3. The van der Waals surface area contributed by atoms with Crippen molar-refractivity contribution in [2.75, 3.05) is 13.1 Å². The fourth-order valence-electron chi connectivity index (χ4n) is 5.75. The number of hydrogen-bond acceptors (Lipinski definition) is 4. The number of fused-ring (bicyclic) bond motifs is 1. The maximum absolute atomic E-state index is 13.5. The quantitative estimate of drug-likeness (QED) is 0.317. The molecule has 0 N–H and O–H groups in total. The number of nitrogens with zero attached hydrogens (tertiary/aromatic N) is 5. The Labute approximate surface area is 210 Å². The zero-order valence-electron chi connectivity index (χ0n) is 20.3. The summed E-state index contributed by atoms with van der Waals surface area (Å²) in [6.45, 7) is 5.04. The first-order valence-corrected chi connectivity index (χ1v) is 12.3. The van der Waals surface area contributed by atoms with E-state index in [0.717, 1.165) is 54.6 Å². The number of benzene rings is 3. The van der Waals surface area contributed by atoms with Crippen LogP contribution in [0, 0.1) is 12.7 Å². The molecule has 1 saturated heterocycles. The number of halogens is 1. The Balaban J connectivity index is 1.39. The van der Waals surface area contributed by atoms with E-state index >= 15 is 0 Å². The minimum atomic E-state index is -0.246. The molecule has 1 aliphatic rings. The van der Waals surface area contributed by atoms with Crippen molar-refractivity contribution in [2.24, 2.45) is 0 Å². The van der Waals surface area contributed by atoms with Gasteiger partial charge in [-0.3, -0.25) is 4.90 Å². The topological polar surface area (TPSA) is 46.8 Å². The van der Waals surface area contributed by atoms with Crippen molar-refractivity contribution in [3.05, 3.63) is 120 Å². The Morgan fingerprint density at radius 2 is 1.69 bits per heavy atom. The molecule has 0 spiro atoms. The van der Waals surface area contributed by atoms with E-state index in [0.29, 0.717) is 0 Å². The van der Waals surface area contributed by atoms with E-state index < -0.39 is 0 Å². The van der Waals surface area contributed by atoms with Crippen LogP contribution in [-0.2, 0) is 18.4 Å². The van der Waals surface area contributed by atoms with E-state index in [2.05, 4.69) is 69.4 Å². The maximum Gasteiger partial charge on any atom is 0.123 e. The summed E-state index contributed by atoms with van der Waals surface area (Å²) in [7, 11) is 0. The fraction of sp³-hybridized carbons (Fsp3) is 0.233. The van der Waals surface area contributed by atoms with Crippen molar-refractivity contribution in [2.45, 2.75) is 31.7 Å². The van der Waals surface area contributed by atoms with Crippen LogP contribution in [0.25, 0.3) is 16.6 Å². The summed E-state index contributed by atoms with van der Waals surface area (Å²) in [4.78, 5) is 10.9. The molecule has 0 amide bonds. The molecule has 180 valence electrons. The van der Waals surface area contributed by atoms with E-state index in [1.807, 2.05) is 23.3 Å². The lowest BCUT2D eigenvalue weighted by Crippen LogP contribution is -2.34. The van der Waals surface area contributed by atoms with E-state index in [9.17, 15) is 4.39 Å². The van der Waals surface area contributed by atoms with Gasteiger partial charge in [0, 0.05) is 41.8 Å². The molecule has 36 heavy (non-hydrogen) atoms. The van der Waals surface area contributed by atoms with Gasteiger partial charge in [-0.2, -0.15) is 5.10 Å². The van der Waals surface area contributed by atoms with Crippen LogP contribution < -0.4 is 0 Å². The smallest absolute Gasteiger partial charge is 0.123 e. The molecule has 5 aromatic rings. The largest absolute Gasteiger partial charge is 0.298 e. The van der Waals surface area contributed by atoms with Crippen LogP contribution in [0.5, 0.6) is 0 Å². The Morgan fingerprint density at radius 3 is 2.47 bits per heavy atom. The number of likely N-dealkylation sites (tertiary alicyclic amines) is 1. The van der Waals surface area contributed by atoms with Crippen molar-refractivity contribution >= 4 is 10.9 Å². The summed E-state index contributed by atoms with van der Waals surface area (Å²) in [5, 5.41) is 5.75. The average molecular weight is 478 g/mol. The van der Waals surface area contributed by atoms with Gasteiger partial charge in [-0.25, -0.2) is 19.0 Å². The summed E-state index contributed by atoms with van der Waals surface area (Å²) >= 11 is 0. The summed E-state index contributed by atoms with van der Waals surface area (Å²) in [6, 6.07) is 21.8. The molecule has 0 radical (unpaired) electrons. The highest BCUT2D eigenvalue weighted by Crippen LogP contribution is 2.41. The number of rotatable bonds is 6. The van der Waals surface area contributed by atoms with Crippen molar-refractivity contribution < 1.29 is 4.39 Å². The van der Waals surface area contributed by atoms with Crippen molar-refractivity contribution in [3.8, 4) is 5.69 Å². The van der Waals surface area contributed by atoms with Crippen LogP contribution in [0.1, 0.15) is 28.7 Å². The van der Waals surface area contributed by atoms with Gasteiger partial charge in [-0.15, -0.1) is 0 Å². The van der Waals surface area contributed by atoms with E-state index in [1.54, 1.807) is 18.5 Å². The first-order valence-electron chi connectivity index (χ1n) is 12.3. The van der Waals surface area contributed by atoms with Crippen molar-refractivity contribution in [1.29, 1.82) is 0 Å². The average Bonchev–Trinajstić information content (AvgIpc) is 3.49. The molecule has 3 heterocycles. The third kappa shape index (κ3) is 4.29. The van der Waals surface area contributed by atoms with Gasteiger partial charge >= 0.3 is 0 Å². The molecule has 2 aromatic heterocycles. The Bertz CT molecular complexity index is 1480. The lowest BCUT2D eigenvalue weighted by Gasteiger charge is -2.32. The molecule has 1 unspecified atom stereocenters. The number of aryl methyl sites for hydroxylation is 1. The third-order valence-electron chi connectivity index (χ3n) is 7.40. The Hall–Kier alpha value is -3.90. The van der Waals surface area contributed by atoms with Gasteiger partial charge in [0.2, 0.25) is 0 Å². The lowest BCUT2D eigenvalue weighted by molar-refractivity contribution is 0.300. The summed E-state index contributed by atoms with van der Waals surface area (Å²) < 4.78 is 15.4. The Kier molecular flexibility index (Phi) is 5.82. The predicted molar refractivity (Wildman–Crippen MR) is 140 cm³/mol. The van der Waals surface area contributed by atoms with E-state index in [4.69, 9.17) is 0 Å². The van der Waals surface area contributed by atoms with Crippen LogP contribution in [0.4, 0.5) is 4.39 Å². The Morgan fingerprint density at radius 1 is 0.917 bits per heavy atom. The molecule has 1 aliphatic heterocycles. The second-order valence-electron chi connectivity index (χ2n) is 9.91. The third-order valence-corrected chi connectivity index (χ3v) is 7.40. The van der Waals surface area contributed by atoms with Crippen LogP contribution in [0.2, 0.25) is 0 Å². The van der Waals surface area contributed by atoms with Crippen LogP contribution in [-0.4, -0.2) is 37.7 Å². The predicted octanol–water partition coefficient (Wildman–Crippen LogP) is 5.65. The zero-order chi connectivity index (χ0) is 24.5. The van der Waals surface area contributed by atoms with Crippen molar-refractivity contribution in [1.82, 2.24) is 24.6 Å². The highest BCUT2D eigenvalue weighted by atomic mass is 19.1. The molecule has 0 aliphatic carbocycles. The molecule has 0 saturated carbocycles. The van der Waals surface area contributed by atoms with Crippen LogP contribution >= 0.6 is 0 Å². The summed E-state index contributed by atoms with van der Waals surface area (Å²) in [6.07, 6.45) is 9.38. The summed E-state index contributed by atoms with van der Waals surface area (Å²) in [5.41, 5.74) is 7.01. The van der Waals surface area contributed by atoms with E-state index in [-0.39, 0.29) is 11.2 Å². The number of aromatic nitrogens is 4. The molecule has 6 heteroatoms. The van der Waals surface area contributed by atoms with Gasteiger partial charge in [-0.05, 0) is 79.4 Å². The van der Waals surface area contributed by atoms with E-state index in [1.165, 1.54) is 28.8 Å². The SMILES string of the molecule is Cc1cc2c(cnn2-c2ccc(F)cc2)cc1C1(Cc2ccccc2)CCN(Cc2cncnc2)C1. The second-order valence-corrected chi connectivity index (χ2v) is 9.91. The molecule has 3 aromatic carbocycles. The van der Waals surface area contributed by atoms with Gasteiger partial charge in [0.15, 0.2) is 0 Å². The van der Waals surface area contributed by atoms with Crippen molar-refractivity contribution in [3.63, 3.8) is 0 Å². The second kappa shape index (κ2) is 9.28. The number of hydrogen-bond donors (Lipinski definition) is 0. The minimum absolute atomic E-state index is 0.00671. The lowest BCUT2D eigenvalue weighted by atomic mass is 9.73. The normalized spacial score (nSPS) is 18.2. The summed E-state index contributed by atoms with van der Waals surface area (Å²) in [5.74, 6) is -0.246. The molecular formula is C30H28FN5. The van der Waals surface area contributed by atoms with Crippen LogP contribution in [0.15, 0.2) is 91.6 Å². The van der Waals surface area contributed by atoms with Crippen LogP contribution in [0.3, 0.4) is 0 Å². The molecule has 6 rings (SSSR count). The molecule has 1 fully saturated rings. The van der Waals surface area contributed by atoms with Gasteiger partial charge in [0.25, 0.3) is 0 Å². The first-order chi connectivity index (χ1) is 17.6. The fourth-order valence-corrected chi connectivity index (χ4v) is 5.75. The molecular weight excluding hydrogens is 449 g/mol. The van der Waals surface area contributed by atoms with Gasteiger partial charge in [0.05, 0.1) is 17.4 Å². The highest BCUT2D eigenvalue weighted by molar-refractivity contribution is 5.82. The van der Waals surface area contributed by atoms with Gasteiger partial charge in [-0.1, -0.05) is 30.3 Å². The maximum atomic E-state index is 13.5. The molecule has 5 nitrogen and oxygen atoms in total. The minimum Gasteiger partial charge on any atom is -0.298 e. The molecule has 0 bridgehead atoms. The molecule has 1 atom stereocenters. The standard InChI is InChI=1S/C30H28FN5/c1-22-13-29-25(18-34-36(29)27-9-7-26(31)8-10-27)14-28(22)30(15-23-5-3-2-4-6-23)11-12-35(20-30)19-24-16-32-21-33-17-24/h2-10,13-14,16-18,21H,11-12,15,19-20H2,1H3. The first kappa shape index (κ1) is 22.6.